The maximum absolute atomic E-state index is 12.1. The first-order chi connectivity index (χ1) is 7.50. The van der Waals surface area contributed by atoms with Gasteiger partial charge in [-0.2, -0.15) is 13.2 Å². The van der Waals surface area contributed by atoms with Crippen molar-refractivity contribution in [2.45, 2.75) is 57.3 Å². The third kappa shape index (κ3) is 4.51. The molecule has 7 heteroatoms. The van der Waals surface area contributed by atoms with Gasteiger partial charge in [0, 0.05) is 0 Å². The van der Waals surface area contributed by atoms with Crippen molar-refractivity contribution in [1.29, 1.82) is 0 Å². The van der Waals surface area contributed by atoms with E-state index in [1.54, 1.807) is 20.8 Å². The molecule has 0 radical (unpaired) electrons. The van der Waals surface area contributed by atoms with Gasteiger partial charge >= 0.3 is 12.1 Å². The molecule has 1 heterocycles. The minimum absolute atomic E-state index is 0.505. The highest BCUT2D eigenvalue weighted by Gasteiger charge is 2.60. The molecule has 0 aromatic heterocycles. The summed E-state index contributed by atoms with van der Waals surface area (Å²) in [6.45, 7) is 4.89. The number of aliphatic hydroxyl groups excluding tert-OH is 1. The first-order valence-corrected chi connectivity index (χ1v) is 5.13. The molecule has 100 valence electrons. The van der Waals surface area contributed by atoms with Crippen LogP contribution in [0, 0.1) is 0 Å². The minimum atomic E-state index is -4.50. The van der Waals surface area contributed by atoms with Crippen molar-refractivity contribution in [1.82, 2.24) is 0 Å². The minimum Gasteiger partial charge on any atom is -0.460 e. The Balaban J connectivity index is 2.37. The molecule has 1 N–H and O–H groups in total. The van der Waals surface area contributed by atoms with Gasteiger partial charge in [-0.15, -0.1) is 0 Å². The average Bonchev–Trinajstić information content (AvgIpc) is 2.75. The summed E-state index contributed by atoms with van der Waals surface area (Å²) in [5.41, 5.74) is -0.732. The third-order valence-corrected chi connectivity index (χ3v) is 2.02. The number of epoxide rings is 1. The molecule has 4 nitrogen and oxygen atoms in total. The fourth-order valence-electron chi connectivity index (χ4n) is 1.35. The largest absolute Gasteiger partial charge is 0.460 e. The van der Waals surface area contributed by atoms with Crippen LogP contribution in [0.25, 0.3) is 0 Å². The molecule has 3 unspecified atom stereocenters. The number of esters is 1. The zero-order valence-corrected chi connectivity index (χ0v) is 9.75. The molecule has 3 atom stereocenters. The van der Waals surface area contributed by atoms with E-state index >= 15 is 0 Å². The molecule has 0 aliphatic carbocycles. The smallest absolute Gasteiger partial charge is 0.417 e. The van der Waals surface area contributed by atoms with E-state index < -0.39 is 42.5 Å². The molecule has 1 aliphatic heterocycles. The maximum Gasteiger partial charge on any atom is 0.417 e. The maximum atomic E-state index is 12.1. The van der Waals surface area contributed by atoms with Crippen LogP contribution in [-0.4, -0.2) is 41.2 Å². The van der Waals surface area contributed by atoms with E-state index in [4.69, 9.17) is 4.74 Å². The zero-order chi connectivity index (χ0) is 13.4. The SMILES string of the molecule is CC(C)(C)OC(=O)CC(O)C1OC1C(F)(F)F. The van der Waals surface area contributed by atoms with Crippen LogP contribution in [-0.2, 0) is 14.3 Å². The van der Waals surface area contributed by atoms with Gasteiger partial charge in [0.2, 0.25) is 0 Å². The molecule has 0 amide bonds. The summed E-state index contributed by atoms with van der Waals surface area (Å²) in [7, 11) is 0. The van der Waals surface area contributed by atoms with Gasteiger partial charge in [0.05, 0.1) is 12.5 Å². The number of aliphatic hydroxyl groups is 1. The molecule has 0 spiro atoms. The lowest BCUT2D eigenvalue weighted by atomic mass is 10.1. The van der Waals surface area contributed by atoms with Crippen LogP contribution in [0.2, 0.25) is 0 Å². The van der Waals surface area contributed by atoms with Crippen molar-refractivity contribution in [2.75, 3.05) is 0 Å². The quantitative estimate of drug-likeness (QED) is 0.612. The molecule has 1 aliphatic rings. The Kier molecular flexibility index (Phi) is 3.73. The highest BCUT2D eigenvalue weighted by molar-refractivity contribution is 5.70. The van der Waals surface area contributed by atoms with Gasteiger partial charge < -0.3 is 14.6 Å². The second-order valence-electron chi connectivity index (χ2n) is 4.92. The highest BCUT2D eigenvalue weighted by atomic mass is 19.4. The Morgan fingerprint density at radius 1 is 1.41 bits per heavy atom. The summed E-state index contributed by atoms with van der Waals surface area (Å²) in [4.78, 5) is 11.2. The fraction of sp³-hybridized carbons (Fsp3) is 0.900. The van der Waals surface area contributed by atoms with E-state index in [9.17, 15) is 23.1 Å². The number of carbonyl (C=O) groups is 1. The number of halogens is 3. The predicted molar refractivity (Wildman–Crippen MR) is 51.2 cm³/mol. The van der Waals surface area contributed by atoms with Gasteiger partial charge in [-0.1, -0.05) is 0 Å². The van der Waals surface area contributed by atoms with Crippen LogP contribution < -0.4 is 0 Å². The summed E-state index contributed by atoms with van der Waals surface area (Å²) in [6, 6.07) is 0. The number of hydrogen-bond acceptors (Lipinski definition) is 4. The summed E-state index contributed by atoms with van der Waals surface area (Å²) in [5, 5.41) is 9.36. The van der Waals surface area contributed by atoms with Crippen molar-refractivity contribution in [3.05, 3.63) is 0 Å². The van der Waals surface area contributed by atoms with E-state index in [1.807, 2.05) is 0 Å². The summed E-state index contributed by atoms with van der Waals surface area (Å²) >= 11 is 0. The van der Waals surface area contributed by atoms with Crippen molar-refractivity contribution in [3.63, 3.8) is 0 Å². The molecule has 1 fully saturated rings. The topological polar surface area (TPSA) is 59.1 Å². The fourth-order valence-corrected chi connectivity index (χ4v) is 1.35. The third-order valence-electron chi connectivity index (χ3n) is 2.02. The van der Waals surface area contributed by atoms with Crippen LogP contribution in [0.4, 0.5) is 13.2 Å². The van der Waals surface area contributed by atoms with Crippen LogP contribution >= 0.6 is 0 Å². The van der Waals surface area contributed by atoms with Gasteiger partial charge in [0.1, 0.15) is 11.7 Å². The molecule has 1 rings (SSSR count). The summed E-state index contributed by atoms with van der Waals surface area (Å²) in [5.74, 6) is -0.749. The Labute approximate surface area is 96.7 Å². The summed E-state index contributed by atoms with van der Waals surface area (Å²) < 4.78 is 45.5. The zero-order valence-electron chi connectivity index (χ0n) is 9.75. The van der Waals surface area contributed by atoms with Gasteiger partial charge in [0.15, 0.2) is 6.10 Å². The van der Waals surface area contributed by atoms with Crippen molar-refractivity contribution < 1.29 is 32.5 Å². The number of carbonyl (C=O) groups excluding carboxylic acids is 1. The van der Waals surface area contributed by atoms with E-state index in [0.717, 1.165) is 0 Å². The molecular weight excluding hydrogens is 241 g/mol. The molecule has 1 saturated heterocycles. The Bertz CT molecular complexity index is 295. The van der Waals surface area contributed by atoms with Gasteiger partial charge in [-0.25, -0.2) is 0 Å². The molecule has 0 aromatic rings. The van der Waals surface area contributed by atoms with E-state index in [1.165, 1.54) is 0 Å². The van der Waals surface area contributed by atoms with E-state index in [0.29, 0.717) is 0 Å². The second-order valence-corrected chi connectivity index (χ2v) is 4.92. The van der Waals surface area contributed by atoms with Gasteiger partial charge in [-0.3, -0.25) is 4.79 Å². The summed E-state index contributed by atoms with van der Waals surface area (Å²) in [6.07, 6.45) is -9.83. The highest BCUT2D eigenvalue weighted by Crippen LogP contribution is 2.40. The Morgan fingerprint density at radius 3 is 2.29 bits per heavy atom. The monoisotopic (exact) mass is 256 g/mol. The number of alkyl halides is 3. The first-order valence-electron chi connectivity index (χ1n) is 5.13. The lowest BCUT2D eigenvalue weighted by molar-refractivity contribution is -0.158. The second kappa shape index (κ2) is 4.45. The van der Waals surface area contributed by atoms with Crippen LogP contribution in [0.5, 0.6) is 0 Å². The van der Waals surface area contributed by atoms with Crippen molar-refractivity contribution >= 4 is 5.97 Å². The Morgan fingerprint density at radius 2 is 1.94 bits per heavy atom. The Hall–Kier alpha value is -0.820. The van der Waals surface area contributed by atoms with Crippen LogP contribution in [0.15, 0.2) is 0 Å². The lowest BCUT2D eigenvalue weighted by Gasteiger charge is -2.20. The van der Waals surface area contributed by atoms with Crippen molar-refractivity contribution in [2.24, 2.45) is 0 Å². The normalized spacial score (nSPS) is 26.5. The number of hydrogen-bond donors (Lipinski definition) is 1. The van der Waals surface area contributed by atoms with Gasteiger partial charge in [0.25, 0.3) is 0 Å². The first kappa shape index (κ1) is 14.2. The molecule has 0 bridgehead atoms. The predicted octanol–water partition coefficient (Wildman–Crippen LogP) is 1.41. The average molecular weight is 256 g/mol. The van der Waals surface area contributed by atoms with E-state index in [-0.39, 0.29) is 0 Å². The van der Waals surface area contributed by atoms with Crippen molar-refractivity contribution in [3.8, 4) is 0 Å². The number of rotatable bonds is 3. The van der Waals surface area contributed by atoms with Gasteiger partial charge in [-0.05, 0) is 20.8 Å². The lowest BCUT2D eigenvalue weighted by Crippen LogP contribution is -2.30. The molecule has 0 saturated carbocycles. The number of ether oxygens (including phenoxy) is 2. The molecular formula is C10H15F3O4. The van der Waals surface area contributed by atoms with E-state index in [2.05, 4.69) is 4.74 Å². The van der Waals surface area contributed by atoms with Crippen LogP contribution in [0.1, 0.15) is 27.2 Å². The van der Waals surface area contributed by atoms with Crippen LogP contribution in [0.3, 0.4) is 0 Å². The molecule has 0 aromatic carbocycles. The standard InChI is InChI=1S/C10H15F3O4/c1-9(2,3)17-6(15)4-5(14)7-8(16-7)10(11,12)13/h5,7-8,14H,4H2,1-3H3. The molecule has 17 heavy (non-hydrogen) atoms.